The summed E-state index contributed by atoms with van der Waals surface area (Å²) in [5.74, 6) is 0.0200. The van der Waals surface area contributed by atoms with Crippen LogP contribution in [0.5, 0.6) is 0 Å². The Morgan fingerprint density at radius 3 is 2.54 bits per heavy atom. The van der Waals surface area contributed by atoms with Gasteiger partial charge in [-0.15, -0.1) is 0 Å². The first-order chi connectivity index (χ1) is 11.5. The highest BCUT2D eigenvalue weighted by atomic mass is 16.1. The number of hydrogen-bond donors (Lipinski definition) is 3. The lowest BCUT2D eigenvalue weighted by Gasteiger charge is -2.42. The molecule has 5 nitrogen and oxygen atoms in total. The molecule has 1 amide bonds. The third kappa shape index (κ3) is 4.79. The van der Waals surface area contributed by atoms with E-state index in [4.69, 9.17) is 5.73 Å². The number of carbonyl (C=O) groups is 1. The zero-order valence-electron chi connectivity index (χ0n) is 14.7. The van der Waals surface area contributed by atoms with Gasteiger partial charge in [0.05, 0.1) is 0 Å². The number of amides is 1. The molecule has 0 radical (unpaired) electrons. The quantitative estimate of drug-likeness (QED) is 0.708. The van der Waals surface area contributed by atoms with E-state index in [0.717, 1.165) is 38.0 Å². The van der Waals surface area contributed by atoms with Gasteiger partial charge in [0.1, 0.15) is 0 Å². The first kappa shape index (κ1) is 17.4. The number of likely N-dealkylation sites (tertiary alicyclic amines) is 1. The molecule has 0 unspecified atom stereocenters. The predicted molar refractivity (Wildman–Crippen MR) is 96.9 cm³/mol. The lowest BCUT2D eigenvalue weighted by molar-refractivity contribution is 0.0949. The molecule has 1 saturated carbocycles. The van der Waals surface area contributed by atoms with Gasteiger partial charge in [0, 0.05) is 36.8 Å². The van der Waals surface area contributed by atoms with Crippen molar-refractivity contribution >= 4 is 5.91 Å². The van der Waals surface area contributed by atoms with E-state index in [2.05, 4.69) is 22.5 Å². The molecule has 0 bridgehead atoms. The van der Waals surface area contributed by atoms with Gasteiger partial charge < -0.3 is 21.3 Å². The second-order valence-corrected chi connectivity index (χ2v) is 7.64. The van der Waals surface area contributed by atoms with Crippen molar-refractivity contribution in [1.29, 1.82) is 0 Å². The van der Waals surface area contributed by atoms with Crippen LogP contribution in [0.4, 0.5) is 0 Å². The van der Waals surface area contributed by atoms with Gasteiger partial charge in [-0.3, -0.25) is 4.79 Å². The van der Waals surface area contributed by atoms with Crippen LogP contribution < -0.4 is 16.4 Å². The molecule has 4 N–H and O–H groups in total. The molecule has 1 aliphatic carbocycles. The summed E-state index contributed by atoms with van der Waals surface area (Å²) in [6, 6.07) is 8.41. The van der Waals surface area contributed by atoms with E-state index in [1.54, 1.807) is 0 Å². The lowest BCUT2D eigenvalue weighted by atomic mass is 9.75. The van der Waals surface area contributed by atoms with Crippen LogP contribution in [0.1, 0.15) is 48.5 Å². The Labute approximate surface area is 145 Å². The van der Waals surface area contributed by atoms with Crippen LogP contribution in [-0.2, 0) is 6.54 Å². The molecule has 5 heteroatoms. The van der Waals surface area contributed by atoms with Gasteiger partial charge in [0.25, 0.3) is 5.91 Å². The number of nitrogens with one attached hydrogen (secondary N) is 2. The Hall–Kier alpha value is -1.43. The van der Waals surface area contributed by atoms with E-state index in [0.29, 0.717) is 6.04 Å². The molecule has 1 aromatic carbocycles. The molecular formula is C19H30N4O. The first-order valence-electron chi connectivity index (χ1n) is 9.14. The fourth-order valence-electron chi connectivity index (χ4n) is 3.68. The molecular weight excluding hydrogens is 300 g/mol. The summed E-state index contributed by atoms with van der Waals surface area (Å²) in [7, 11) is 0. The summed E-state index contributed by atoms with van der Waals surface area (Å²) in [6.07, 6.45) is 4.64. The van der Waals surface area contributed by atoms with Gasteiger partial charge in [0.15, 0.2) is 0 Å². The van der Waals surface area contributed by atoms with E-state index in [-0.39, 0.29) is 11.4 Å². The summed E-state index contributed by atoms with van der Waals surface area (Å²) in [5.41, 5.74) is 7.97. The number of nitrogens with two attached hydrogens (primary N) is 1. The maximum absolute atomic E-state index is 12.2. The van der Waals surface area contributed by atoms with Crippen molar-refractivity contribution in [1.82, 2.24) is 15.5 Å². The van der Waals surface area contributed by atoms with Crippen LogP contribution in [0.3, 0.4) is 0 Å². The standard InChI is InChI=1S/C19H30N4O/c1-19(20)12-17(13-19)22-14-15-4-6-16(7-5-15)18(24)21-8-11-23-9-2-3-10-23/h4-7,17,22H,2-3,8-14,20H2,1H3,(H,21,24). The molecule has 0 atom stereocenters. The fraction of sp³-hybridized carbons (Fsp3) is 0.632. The number of benzene rings is 1. The van der Waals surface area contributed by atoms with E-state index in [1.807, 2.05) is 24.3 Å². The largest absolute Gasteiger partial charge is 0.351 e. The number of nitrogens with zero attached hydrogens (tertiary/aromatic N) is 1. The van der Waals surface area contributed by atoms with Crippen molar-refractivity contribution in [2.75, 3.05) is 26.2 Å². The Morgan fingerprint density at radius 1 is 1.25 bits per heavy atom. The Balaban J connectivity index is 1.37. The third-order valence-corrected chi connectivity index (χ3v) is 5.15. The second-order valence-electron chi connectivity index (χ2n) is 7.64. The van der Waals surface area contributed by atoms with Crippen LogP contribution >= 0.6 is 0 Å². The minimum absolute atomic E-state index is 0.00861. The van der Waals surface area contributed by atoms with Crippen LogP contribution in [-0.4, -0.2) is 48.6 Å². The molecule has 2 aliphatic rings. The summed E-state index contributed by atoms with van der Waals surface area (Å²) in [5, 5.41) is 6.53. The summed E-state index contributed by atoms with van der Waals surface area (Å²) < 4.78 is 0. The van der Waals surface area contributed by atoms with Crippen molar-refractivity contribution in [2.24, 2.45) is 5.73 Å². The highest BCUT2D eigenvalue weighted by molar-refractivity contribution is 5.94. The fourth-order valence-corrected chi connectivity index (χ4v) is 3.68. The monoisotopic (exact) mass is 330 g/mol. The number of hydrogen-bond acceptors (Lipinski definition) is 4. The molecule has 2 fully saturated rings. The third-order valence-electron chi connectivity index (χ3n) is 5.15. The van der Waals surface area contributed by atoms with Gasteiger partial charge in [-0.25, -0.2) is 0 Å². The van der Waals surface area contributed by atoms with E-state index in [9.17, 15) is 4.79 Å². The van der Waals surface area contributed by atoms with Gasteiger partial charge in [-0.2, -0.15) is 0 Å². The maximum Gasteiger partial charge on any atom is 0.251 e. The SMILES string of the molecule is CC1(N)CC(NCc2ccc(C(=O)NCCN3CCCC3)cc2)C1. The van der Waals surface area contributed by atoms with Crippen molar-refractivity contribution in [3.05, 3.63) is 35.4 Å². The van der Waals surface area contributed by atoms with Crippen molar-refractivity contribution in [2.45, 2.75) is 50.7 Å². The molecule has 1 aliphatic heterocycles. The van der Waals surface area contributed by atoms with E-state index >= 15 is 0 Å². The zero-order chi connectivity index (χ0) is 17.0. The van der Waals surface area contributed by atoms with Crippen molar-refractivity contribution in [3.63, 3.8) is 0 Å². The average Bonchev–Trinajstić information content (AvgIpc) is 3.04. The van der Waals surface area contributed by atoms with E-state index < -0.39 is 0 Å². The van der Waals surface area contributed by atoms with Gasteiger partial charge in [-0.1, -0.05) is 12.1 Å². The maximum atomic E-state index is 12.2. The lowest BCUT2D eigenvalue weighted by Crippen LogP contribution is -2.57. The topological polar surface area (TPSA) is 70.4 Å². The number of rotatable bonds is 7. The highest BCUT2D eigenvalue weighted by Crippen LogP contribution is 2.29. The van der Waals surface area contributed by atoms with Crippen LogP contribution in [0, 0.1) is 0 Å². The molecule has 1 aromatic rings. The molecule has 1 saturated heterocycles. The Kier molecular flexibility index (Phi) is 5.54. The highest BCUT2D eigenvalue weighted by Gasteiger charge is 2.36. The minimum atomic E-state index is 0.00861. The van der Waals surface area contributed by atoms with Gasteiger partial charge in [-0.05, 0) is 63.4 Å². The minimum Gasteiger partial charge on any atom is -0.351 e. The molecule has 0 spiro atoms. The molecule has 24 heavy (non-hydrogen) atoms. The van der Waals surface area contributed by atoms with Gasteiger partial charge in [0.2, 0.25) is 0 Å². The van der Waals surface area contributed by atoms with E-state index in [1.165, 1.54) is 31.5 Å². The number of carbonyl (C=O) groups excluding carboxylic acids is 1. The summed E-state index contributed by atoms with van der Waals surface area (Å²) in [4.78, 5) is 14.6. The molecule has 3 rings (SSSR count). The summed E-state index contributed by atoms with van der Waals surface area (Å²) in [6.45, 7) is 6.94. The predicted octanol–water partition coefficient (Wildman–Crippen LogP) is 1.48. The molecule has 1 heterocycles. The zero-order valence-corrected chi connectivity index (χ0v) is 14.7. The summed E-state index contributed by atoms with van der Waals surface area (Å²) >= 11 is 0. The Bertz CT molecular complexity index is 541. The van der Waals surface area contributed by atoms with Gasteiger partial charge >= 0.3 is 0 Å². The second kappa shape index (κ2) is 7.64. The average molecular weight is 330 g/mol. The van der Waals surface area contributed by atoms with Crippen molar-refractivity contribution < 1.29 is 4.79 Å². The normalized spacial score (nSPS) is 27.0. The van der Waals surface area contributed by atoms with Crippen LogP contribution in [0.25, 0.3) is 0 Å². The molecule has 132 valence electrons. The van der Waals surface area contributed by atoms with Crippen molar-refractivity contribution in [3.8, 4) is 0 Å². The van der Waals surface area contributed by atoms with Crippen LogP contribution in [0.15, 0.2) is 24.3 Å². The van der Waals surface area contributed by atoms with Crippen LogP contribution in [0.2, 0.25) is 0 Å². The molecule has 0 aromatic heterocycles. The first-order valence-corrected chi connectivity index (χ1v) is 9.14. The Morgan fingerprint density at radius 2 is 1.92 bits per heavy atom. The smallest absolute Gasteiger partial charge is 0.251 e.